The molecule has 1 saturated heterocycles. The Morgan fingerprint density at radius 3 is 2.71 bits per heavy atom. The SMILES string of the molecule is Cc1cc(C#CCCO)cc(C(=O)N2CCC(O)CC2)c1. The molecule has 0 spiro atoms. The van der Waals surface area contributed by atoms with Crippen LogP contribution in [0.5, 0.6) is 0 Å². The second kappa shape index (κ2) is 7.26. The van der Waals surface area contributed by atoms with Crippen molar-refractivity contribution >= 4 is 5.91 Å². The Morgan fingerprint density at radius 1 is 1.33 bits per heavy atom. The molecule has 112 valence electrons. The van der Waals surface area contributed by atoms with Gasteiger partial charge in [0.05, 0.1) is 12.7 Å². The van der Waals surface area contributed by atoms with Crippen LogP contribution in [-0.4, -0.2) is 46.8 Å². The number of amides is 1. The van der Waals surface area contributed by atoms with Crippen LogP contribution in [0.2, 0.25) is 0 Å². The molecule has 0 saturated carbocycles. The van der Waals surface area contributed by atoms with E-state index in [1.54, 1.807) is 11.0 Å². The van der Waals surface area contributed by atoms with E-state index in [1.807, 2.05) is 19.1 Å². The summed E-state index contributed by atoms with van der Waals surface area (Å²) in [7, 11) is 0. The third kappa shape index (κ3) is 4.32. The number of nitrogens with zero attached hydrogens (tertiary/aromatic N) is 1. The molecule has 0 atom stereocenters. The van der Waals surface area contributed by atoms with Gasteiger partial charge >= 0.3 is 0 Å². The van der Waals surface area contributed by atoms with E-state index >= 15 is 0 Å². The zero-order chi connectivity index (χ0) is 15.2. The Hall–Kier alpha value is -1.83. The Bertz CT molecular complexity index is 563. The van der Waals surface area contributed by atoms with Crippen LogP contribution in [0.15, 0.2) is 18.2 Å². The molecule has 21 heavy (non-hydrogen) atoms. The molecule has 0 aromatic heterocycles. The maximum Gasteiger partial charge on any atom is 0.253 e. The van der Waals surface area contributed by atoms with Gasteiger partial charge in [-0.3, -0.25) is 4.79 Å². The van der Waals surface area contributed by atoms with Crippen molar-refractivity contribution in [3.63, 3.8) is 0 Å². The quantitative estimate of drug-likeness (QED) is 0.807. The molecule has 0 unspecified atom stereocenters. The lowest BCUT2D eigenvalue weighted by atomic mass is 10.0. The van der Waals surface area contributed by atoms with E-state index < -0.39 is 0 Å². The average molecular weight is 287 g/mol. The lowest BCUT2D eigenvalue weighted by Gasteiger charge is -2.29. The van der Waals surface area contributed by atoms with Crippen molar-refractivity contribution in [1.29, 1.82) is 0 Å². The van der Waals surface area contributed by atoms with Crippen molar-refractivity contribution in [1.82, 2.24) is 4.90 Å². The van der Waals surface area contributed by atoms with Crippen molar-refractivity contribution in [2.75, 3.05) is 19.7 Å². The Labute approximate surface area is 125 Å². The number of hydrogen-bond acceptors (Lipinski definition) is 3. The lowest BCUT2D eigenvalue weighted by Crippen LogP contribution is -2.40. The van der Waals surface area contributed by atoms with Gasteiger partial charge in [0.15, 0.2) is 0 Å². The first-order valence-electron chi connectivity index (χ1n) is 7.29. The second-order valence-corrected chi connectivity index (χ2v) is 5.39. The van der Waals surface area contributed by atoms with Gasteiger partial charge in [-0.2, -0.15) is 0 Å². The van der Waals surface area contributed by atoms with Gasteiger partial charge in [0, 0.05) is 30.6 Å². The van der Waals surface area contributed by atoms with Gasteiger partial charge in [0.25, 0.3) is 5.91 Å². The van der Waals surface area contributed by atoms with Crippen molar-refractivity contribution in [3.8, 4) is 11.8 Å². The molecule has 1 heterocycles. The molecule has 2 rings (SSSR count). The van der Waals surface area contributed by atoms with E-state index in [9.17, 15) is 9.90 Å². The van der Waals surface area contributed by atoms with E-state index in [1.165, 1.54) is 0 Å². The topological polar surface area (TPSA) is 60.8 Å². The zero-order valence-corrected chi connectivity index (χ0v) is 12.3. The van der Waals surface area contributed by atoms with Crippen LogP contribution < -0.4 is 0 Å². The fourth-order valence-corrected chi connectivity index (χ4v) is 2.45. The highest BCUT2D eigenvalue weighted by Crippen LogP contribution is 2.16. The van der Waals surface area contributed by atoms with Crippen LogP contribution >= 0.6 is 0 Å². The number of likely N-dealkylation sites (tertiary alicyclic amines) is 1. The third-order valence-electron chi connectivity index (χ3n) is 3.55. The van der Waals surface area contributed by atoms with Crippen LogP contribution in [0.1, 0.15) is 40.7 Å². The Morgan fingerprint density at radius 2 is 2.05 bits per heavy atom. The summed E-state index contributed by atoms with van der Waals surface area (Å²) in [4.78, 5) is 14.3. The highest BCUT2D eigenvalue weighted by Gasteiger charge is 2.22. The molecular weight excluding hydrogens is 266 g/mol. The molecule has 1 aliphatic heterocycles. The van der Waals surface area contributed by atoms with Crippen LogP contribution in [0.4, 0.5) is 0 Å². The highest BCUT2D eigenvalue weighted by atomic mass is 16.3. The van der Waals surface area contributed by atoms with Crippen LogP contribution in [0, 0.1) is 18.8 Å². The van der Waals surface area contributed by atoms with E-state index in [0.29, 0.717) is 37.9 Å². The molecule has 1 aromatic rings. The van der Waals surface area contributed by atoms with Crippen molar-refractivity contribution in [2.45, 2.75) is 32.3 Å². The summed E-state index contributed by atoms with van der Waals surface area (Å²) in [5.74, 6) is 5.84. The third-order valence-corrected chi connectivity index (χ3v) is 3.55. The number of hydrogen-bond donors (Lipinski definition) is 2. The summed E-state index contributed by atoms with van der Waals surface area (Å²) in [5, 5.41) is 18.3. The van der Waals surface area contributed by atoms with Gasteiger partial charge in [0.1, 0.15) is 0 Å². The summed E-state index contributed by atoms with van der Waals surface area (Å²) < 4.78 is 0. The lowest BCUT2D eigenvalue weighted by molar-refractivity contribution is 0.0546. The summed E-state index contributed by atoms with van der Waals surface area (Å²) >= 11 is 0. The van der Waals surface area contributed by atoms with Gasteiger partial charge in [-0.1, -0.05) is 11.8 Å². The number of piperidine rings is 1. The van der Waals surface area contributed by atoms with Crippen molar-refractivity contribution in [3.05, 3.63) is 34.9 Å². The minimum absolute atomic E-state index is 0.00388. The predicted molar refractivity (Wildman–Crippen MR) is 80.9 cm³/mol. The molecule has 1 aromatic carbocycles. The van der Waals surface area contributed by atoms with Crippen molar-refractivity contribution < 1.29 is 15.0 Å². The van der Waals surface area contributed by atoms with E-state index in [-0.39, 0.29) is 18.6 Å². The molecule has 0 bridgehead atoms. The molecule has 4 heteroatoms. The maximum absolute atomic E-state index is 12.5. The molecule has 2 N–H and O–H groups in total. The van der Waals surface area contributed by atoms with E-state index in [2.05, 4.69) is 11.8 Å². The average Bonchev–Trinajstić information content (AvgIpc) is 2.47. The molecule has 1 aliphatic rings. The maximum atomic E-state index is 12.5. The normalized spacial score (nSPS) is 15.5. The fourth-order valence-electron chi connectivity index (χ4n) is 2.45. The Kier molecular flexibility index (Phi) is 5.38. The summed E-state index contributed by atoms with van der Waals surface area (Å²) in [6, 6.07) is 5.59. The van der Waals surface area contributed by atoms with Gasteiger partial charge in [-0.05, 0) is 43.5 Å². The Balaban J connectivity index is 2.15. The molecule has 0 radical (unpaired) electrons. The summed E-state index contributed by atoms with van der Waals surface area (Å²) in [5.41, 5.74) is 2.43. The fraction of sp³-hybridized carbons (Fsp3) is 0.471. The highest BCUT2D eigenvalue weighted by molar-refractivity contribution is 5.94. The number of benzene rings is 1. The standard InChI is InChI=1S/C17H21NO3/c1-13-10-14(4-2-3-9-19)12-15(11-13)17(21)18-7-5-16(20)6-8-18/h10-12,16,19-20H,3,5-9H2,1H3. The first-order valence-corrected chi connectivity index (χ1v) is 7.29. The zero-order valence-electron chi connectivity index (χ0n) is 12.3. The molecular formula is C17H21NO3. The summed E-state index contributed by atoms with van der Waals surface area (Å²) in [6.45, 7) is 3.17. The largest absolute Gasteiger partial charge is 0.395 e. The monoisotopic (exact) mass is 287 g/mol. The van der Waals surface area contributed by atoms with Gasteiger partial charge in [-0.15, -0.1) is 0 Å². The first-order chi connectivity index (χ1) is 10.1. The molecule has 0 aliphatic carbocycles. The van der Waals surface area contributed by atoms with E-state index in [4.69, 9.17) is 5.11 Å². The van der Waals surface area contributed by atoms with Gasteiger partial charge in [-0.25, -0.2) is 0 Å². The van der Waals surface area contributed by atoms with Crippen molar-refractivity contribution in [2.24, 2.45) is 0 Å². The minimum atomic E-state index is -0.286. The number of carbonyl (C=O) groups is 1. The number of aliphatic hydroxyl groups excluding tert-OH is 2. The number of carbonyl (C=O) groups excluding carboxylic acids is 1. The summed E-state index contributed by atoms with van der Waals surface area (Å²) in [6.07, 6.45) is 1.43. The number of aryl methyl sites for hydroxylation is 1. The van der Waals surface area contributed by atoms with Gasteiger partial charge in [0.2, 0.25) is 0 Å². The minimum Gasteiger partial charge on any atom is -0.395 e. The van der Waals surface area contributed by atoms with Crippen LogP contribution in [0.25, 0.3) is 0 Å². The van der Waals surface area contributed by atoms with Gasteiger partial charge < -0.3 is 15.1 Å². The first kappa shape index (κ1) is 15.6. The predicted octanol–water partition coefficient (Wildman–Crippen LogP) is 1.33. The smallest absolute Gasteiger partial charge is 0.253 e. The molecule has 1 amide bonds. The molecule has 1 fully saturated rings. The second-order valence-electron chi connectivity index (χ2n) is 5.39. The number of rotatable bonds is 2. The van der Waals surface area contributed by atoms with Crippen LogP contribution in [0.3, 0.4) is 0 Å². The number of aliphatic hydroxyl groups is 2. The van der Waals surface area contributed by atoms with Crippen LogP contribution in [-0.2, 0) is 0 Å². The van der Waals surface area contributed by atoms with E-state index in [0.717, 1.165) is 11.1 Å². The molecule has 4 nitrogen and oxygen atoms in total.